The van der Waals surface area contributed by atoms with E-state index in [1.54, 1.807) is 61.5 Å². The van der Waals surface area contributed by atoms with E-state index in [0.29, 0.717) is 32.5 Å². The molecule has 0 unspecified atom stereocenters. The summed E-state index contributed by atoms with van der Waals surface area (Å²) in [6.07, 6.45) is 0.727. The number of nitrogens with one attached hydrogen (secondary N) is 2. The first-order valence-electron chi connectivity index (χ1n) is 33.9. The zero-order valence-electron chi connectivity index (χ0n) is 59.9. The molecular weight excluding hydrogens is 1160 g/mol. The number of rotatable bonds is 23. The van der Waals surface area contributed by atoms with Crippen LogP contribution in [-0.4, -0.2) is 192 Å². The summed E-state index contributed by atoms with van der Waals surface area (Å²) in [5.74, 6) is -11.9. The van der Waals surface area contributed by atoms with Crippen molar-refractivity contribution in [3.8, 4) is 0 Å². The lowest BCUT2D eigenvalue weighted by Gasteiger charge is -2.36. The third-order valence-electron chi connectivity index (χ3n) is 17.7. The van der Waals surface area contributed by atoms with Crippen molar-refractivity contribution in [3.63, 3.8) is 0 Å². The maximum absolute atomic E-state index is 15.0. The van der Waals surface area contributed by atoms with E-state index in [0.717, 1.165) is 0 Å². The largest absolute Gasteiger partial charge is 0.392 e. The normalized spacial score (nSPS) is 26.4. The number of ether oxygens (including phenoxy) is 3. The number of Topliss-reactive ketones (excluding diaryl/α,β-unsaturated/α-hetero) is 5. The smallest absolute Gasteiger partial charge is 0.245 e. The standard InChI is InChI=1S/C70H122N6O15/c1-23-27-29-46(15)65(83)52-40-59(80)63(45(13)14)76(22)69(87)50(34-41(5)6)38-58(79)55(36-43(9)10)73(19)68(86)48(17)71-66(84)47(16)37-57(78)54(35-42(7)8)74(20)70(88)51(44(11)12)39-60(81)64(49(18)91-33-28-30-62(89-25-3)90-26-4)75(21)61(82)32-31-56(77)53(24-2)72-67(52)85/h23,27,41-55,62-65,83H,24-26,28-40H2,1-22H3,(H,71,84)(H,72,85)/b27-23+/t46-,47-,48-,49-,50-,51+,52+,53+,54+,55+,63+,64+,65-/m1/s1. The van der Waals surface area contributed by atoms with Crippen LogP contribution in [0.5, 0.6) is 0 Å². The molecule has 1 rings (SSSR count). The first-order valence-corrected chi connectivity index (χ1v) is 33.9. The predicted molar refractivity (Wildman–Crippen MR) is 353 cm³/mol. The molecule has 91 heavy (non-hydrogen) atoms. The highest BCUT2D eigenvalue weighted by molar-refractivity contribution is 5.99. The maximum atomic E-state index is 15.0. The van der Waals surface area contributed by atoms with Gasteiger partial charge in [-0.3, -0.25) is 52.7 Å². The summed E-state index contributed by atoms with van der Waals surface area (Å²) >= 11 is 0. The Bertz CT molecular complexity index is 2390. The highest BCUT2D eigenvalue weighted by Crippen LogP contribution is 2.30. The molecule has 3 N–H and O–H groups in total. The predicted octanol–water partition coefficient (Wildman–Crippen LogP) is 8.38. The molecule has 13 atom stereocenters. The van der Waals surface area contributed by atoms with Gasteiger partial charge >= 0.3 is 0 Å². The minimum absolute atomic E-state index is 0.0818. The van der Waals surface area contributed by atoms with Crippen LogP contribution in [0.4, 0.5) is 0 Å². The summed E-state index contributed by atoms with van der Waals surface area (Å²) in [4.78, 5) is 166. The fraction of sp³-hybridized carbons (Fsp3) is 0.814. The van der Waals surface area contributed by atoms with Gasteiger partial charge in [0.25, 0.3) is 0 Å². The molecule has 0 aromatic carbocycles. The second-order valence-corrected chi connectivity index (χ2v) is 27.6. The average molecular weight is 1290 g/mol. The second-order valence-electron chi connectivity index (χ2n) is 27.6. The Kier molecular flexibility index (Phi) is 38.2. The molecule has 21 heteroatoms. The number of ketones is 5. The second kappa shape index (κ2) is 41.5. The third-order valence-corrected chi connectivity index (χ3v) is 17.7. The van der Waals surface area contributed by atoms with E-state index >= 15 is 0 Å². The number of aliphatic hydroxyl groups is 1. The lowest BCUT2D eigenvalue weighted by Crippen LogP contribution is -2.53. The van der Waals surface area contributed by atoms with Gasteiger partial charge in [0, 0.05) is 111 Å². The van der Waals surface area contributed by atoms with E-state index in [2.05, 4.69) is 10.6 Å². The van der Waals surface area contributed by atoms with E-state index in [9.17, 15) is 57.8 Å². The Morgan fingerprint density at radius 1 is 0.549 bits per heavy atom. The SMILES string of the molecule is C/C=C/C[C@@H](C)[C@@H](O)[C@@H]1CC(=O)[C@H](C(C)C)N(C)C(=O)[C@H](CC(C)C)CC(=O)[C@H](CC(C)C)N(C)C(=O)[C@@H](C)NC(=O)[C@H](C)CC(=O)[C@H](CC(C)C)N(C)C(=O)[C@H](C(C)C)CC(=O)[C@H]([C@@H](C)OCCCC(OCC)OCC)N(C)C(=O)CCC(=O)[C@H](CC)NC1=O. The van der Waals surface area contributed by atoms with Crippen molar-refractivity contribution in [1.29, 1.82) is 0 Å². The minimum Gasteiger partial charge on any atom is -0.392 e. The Balaban J connectivity index is 4.24. The van der Waals surface area contributed by atoms with Gasteiger partial charge in [-0.15, -0.1) is 0 Å². The third kappa shape index (κ3) is 26.9. The van der Waals surface area contributed by atoms with Gasteiger partial charge in [0.1, 0.15) is 12.1 Å². The van der Waals surface area contributed by atoms with Gasteiger partial charge in [0.05, 0.1) is 42.3 Å². The topological polar surface area (TPSA) is 273 Å². The van der Waals surface area contributed by atoms with E-state index < -0.39 is 167 Å². The van der Waals surface area contributed by atoms with Gasteiger partial charge in [-0.1, -0.05) is 102 Å². The number of carbonyl (C=O) groups is 11. The molecule has 0 spiro atoms. The molecule has 0 bridgehead atoms. The van der Waals surface area contributed by atoms with Crippen LogP contribution < -0.4 is 10.6 Å². The van der Waals surface area contributed by atoms with Gasteiger partial charge in [0.2, 0.25) is 35.4 Å². The van der Waals surface area contributed by atoms with Crippen molar-refractivity contribution in [2.45, 2.75) is 263 Å². The Labute approximate surface area is 546 Å². The van der Waals surface area contributed by atoms with Crippen molar-refractivity contribution < 1.29 is 72.1 Å². The number of allylic oxidation sites excluding steroid dienone is 2. The van der Waals surface area contributed by atoms with Crippen LogP contribution in [0.1, 0.15) is 208 Å². The summed E-state index contributed by atoms with van der Waals surface area (Å²) in [7, 11) is 5.91. The van der Waals surface area contributed by atoms with Crippen molar-refractivity contribution >= 4 is 64.4 Å². The number of carbonyl (C=O) groups excluding carboxylic acids is 11. The highest BCUT2D eigenvalue weighted by Gasteiger charge is 2.43. The monoisotopic (exact) mass is 1290 g/mol. The summed E-state index contributed by atoms with van der Waals surface area (Å²) in [6.45, 7) is 33.2. The van der Waals surface area contributed by atoms with Crippen LogP contribution in [0.3, 0.4) is 0 Å². The molecule has 6 amide bonds. The summed E-state index contributed by atoms with van der Waals surface area (Å²) in [6, 6.07) is -6.72. The van der Waals surface area contributed by atoms with Gasteiger partial charge in [0.15, 0.2) is 35.2 Å². The fourth-order valence-electron chi connectivity index (χ4n) is 12.4. The zero-order valence-corrected chi connectivity index (χ0v) is 59.9. The molecule has 1 aliphatic rings. The molecule has 0 aromatic rings. The summed E-state index contributed by atoms with van der Waals surface area (Å²) in [5.41, 5.74) is 0. The van der Waals surface area contributed by atoms with Crippen LogP contribution in [0.15, 0.2) is 12.2 Å². The molecular formula is C70H122N6O15. The Morgan fingerprint density at radius 3 is 1.56 bits per heavy atom. The number of hydrogen-bond acceptors (Lipinski definition) is 15. The quantitative estimate of drug-likeness (QED) is 0.0492. The number of nitrogens with zero attached hydrogens (tertiary/aromatic N) is 4. The van der Waals surface area contributed by atoms with E-state index in [-0.39, 0.29) is 82.1 Å². The number of likely N-dealkylation sites (N-methyl/N-ethyl adjacent to an activating group) is 4. The number of aliphatic hydroxyl groups excluding tert-OH is 1. The first kappa shape index (κ1) is 83.8. The van der Waals surface area contributed by atoms with Crippen molar-refractivity contribution in [3.05, 3.63) is 12.2 Å². The average Bonchev–Trinajstić information content (AvgIpc) is 1.13. The molecule has 0 radical (unpaired) electrons. The summed E-state index contributed by atoms with van der Waals surface area (Å²) in [5, 5.41) is 17.5. The molecule has 1 fully saturated rings. The fourth-order valence-corrected chi connectivity index (χ4v) is 12.4. The van der Waals surface area contributed by atoms with Gasteiger partial charge < -0.3 is 49.6 Å². The molecule has 522 valence electrons. The van der Waals surface area contributed by atoms with Crippen molar-refractivity contribution in [2.75, 3.05) is 48.0 Å². The molecule has 0 aliphatic carbocycles. The van der Waals surface area contributed by atoms with Crippen LogP contribution in [0.2, 0.25) is 0 Å². The Morgan fingerprint density at radius 2 is 1.07 bits per heavy atom. The van der Waals surface area contributed by atoms with Gasteiger partial charge in [-0.2, -0.15) is 0 Å². The zero-order chi connectivity index (χ0) is 69.9. The van der Waals surface area contributed by atoms with Crippen LogP contribution in [0, 0.1) is 59.2 Å². The number of amides is 6. The van der Waals surface area contributed by atoms with Gasteiger partial charge in [-0.25, -0.2) is 0 Å². The van der Waals surface area contributed by atoms with Gasteiger partial charge in [-0.05, 0) is 109 Å². The van der Waals surface area contributed by atoms with Crippen molar-refractivity contribution in [2.24, 2.45) is 59.2 Å². The molecule has 0 saturated carbocycles. The molecule has 21 nitrogen and oxygen atoms in total. The Hall–Kier alpha value is -5.25. The first-order chi connectivity index (χ1) is 42.4. The van der Waals surface area contributed by atoms with E-state index in [1.807, 2.05) is 68.4 Å². The molecule has 0 aromatic heterocycles. The lowest BCUT2D eigenvalue weighted by atomic mass is 9.82. The van der Waals surface area contributed by atoms with Crippen LogP contribution in [-0.2, 0) is 67.0 Å². The highest BCUT2D eigenvalue weighted by atomic mass is 16.7. The van der Waals surface area contributed by atoms with Crippen molar-refractivity contribution in [1.82, 2.24) is 30.2 Å². The number of hydrogen-bond donors (Lipinski definition) is 3. The maximum Gasteiger partial charge on any atom is 0.245 e. The lowest BCUT2D eigenvalue weighted by molar-refractivity contribution is -0.150. The molecule has 1 aliphatic heterocycles. The summed E-state index contributed by atoms with van der Waals surface area (Å²) < 4.78 is 17.7. The van der Waals surface area contributed by atoms with Crippen LogP contribution in [0.25, 0.3) is 0 Å². The minimum atomic E-state index is -1.39. The van der Waals surface area contributed by atoms with E-state index in [1.165, 1.54) is 54.7 Å². The molecule has 1 heterocycles. The van der Waals surface area contributed by atoms with E-state index in [4.69, 9.17) is 14.2 Å². The molecule has 1 saturated heterocycles. The van der Waals surface area contributed by atoms with Crippen LogP contribution >= 0.6 is 0 Å².